The van der Waals surface area contributed by atoms with Crippen molar-refractivity contribution >= 4 is 11.4 Å². The first-order chi connectivity index (χ1) is 6.27. The Bertz CT molecular complexity index is 294. The summed E-state index contributed by atoms with van der Waals surface area (Å²) in [6.45, 7) is 0. The molecule has 3 nitrogen and oxygen atoms in total. The lowest BCUT2D eigenvalue weighted by Gasteiger charge is -2.36. The van der Waals surface area contributed by atoms with Gasteiger partial charge in [-0.2, -0.15) is 0 Å². The van der Waals surface area contributed by atoms with E-state index in [1.54, 1.807) is 6.20 Å². The quantitative estimate of drug-likeness (QED) is 0.747. The Hall–Kier alpha value is -1.25. The molecule has 0 bridgehead atoms. The minimum atomic E-state index is 0.698. The molecule has 1 saturated carbocycles. The third kappa shape index (κ3) is 1.59. The van der Waals surface area contributed by atoms with E-state index >= 15 is 0 Å². The zero-order valence-corrected chi connectivity index (χ0v) is 7.90. The molecule has 1 aliphatic carbocycles. The van der Waals surface area contributed by atoms with Gasteiger partial charge in [-0.25, -0.2) is 0 Å². The molecule has 0 spiro atoms. The Labute approximate surface area is 78.6 Å². The maximum absolute atomic E-state index is 5.67. The summed E-state index contributed by atoms with van der Waals surface area (Å²) in [5.41, 5.74) is 7.54. The lowest BCUT2D eigenvalue weighted by atomic mass is 9.91. The summed E-state index contributed by atoms with van der Waals surface area (Å²) in [6.07, 6.45) is 7.49. The van der Waals surface area contributed by atoms with Gasteiger partial charge in [-0.05, 0) is 25.3 Å². The predicted molar refractivity (Wildman–Crippen MR) is 54.7 cm³/mol. The molecule has 1 fully saturated rings. The summed E-state index contributed by atoms with van der Waals surface area (Å²) in [5.74, 6) is 0. The van der Waals surface area contributed by atoms with Gasteiger partial charge < -0.3 is 10.6 Å². The first-order valence-corrected chi connectivity index (χ1v) is 4.71. The first kappa shape index (κ1) is 8.35. The van der Waals surface area contributed by atoms with Crippen molar-refractivity contribution in [3.05, 3.63) is 18.5 Å². The highest BCUT2D eigenvalue weighted by molar-refractivity contribution is 5.53. The highest BCUT2D eigenvalue weighted by atomic mass is 15.1. The average molecular weight is 177 g/mol. The van der Waals surface area contributed by atoms with Crippen LogP contribution in [0.5, 0.6) is 0 Å². The van der Waals surface area contributed by atoms with Crippen LogP contribution in [0.3, 0.4) is 0 Å². The summed E-state index contributed by atoms with van der Waals surface area (Å²) >= 11 is 0. The normalized spacial score (nSPS) is 16.7. The summed E-state index contributed by atoms with van der Waals surface area (Å²) in [6, 6.07) is 2.68. The van der Waals surface area contributed by atoms with Gasteiger partial charge in [0, 0.05) is 19.3 Å². The molecule has 1 aliphatic rings. The fourth-order valence-corrected chi connectivity index (χ4v) is 1.62. The van der Waals surface area contributed by atoms with E-state index < -0.39 is 0 Å². The molecule has 1 aromatic heterocycles. The van der Waals surface area contributed by atoms with Crippen LogP contribution in [0, 0.1) is 0 Å². The van der Waals surface area contributed by atoms with Gasteiger partial charge in [0.05, 0.1) is 17.6 Å². The van der Waals surface area contributed by atoms with Crippen LogP contribution in [0.1, 0.15) is 19.3 Å². The molecule has 0 atom stereocenters. The zero-order valence-electron chi connectivity index (χ0n) is 7.90. The van der Waals surface area contributed by atoms with E-state index in [1.807, 2.05) is 12.3 Å². The number of nitrogens with two attached hydrogens (primary N) is 1. The highest BCUT2D eigenvalue weighted by Gasteiger charge is 2.22. The molecule has 1 heterocycles. The van der Waals surface area contributed by atoms with Crippen molar-refractivity contribution in [2.45, 2.75) is 25.3 Å². The predicted octanol–water partition coefficient (Wildman–Crippen LogP) is 1.65. The fraction of sp³-hybridized carbons (Fsp3) is 0.500. The second-order valence-electron chi connectivity index (χ2n) is 3.67. The van der Waals surface area contributed by atoms with E-state index in [0.717, 1.165) is 11.4 Å². The van der Waals surface area contributed by atoms with Crippen molar-refractivity contribution in [2.24, 2.45) is 0 Å². The molecule has 0 amide bonds. The lowest BCUT2D eigenvalue weighted by Crippen LogP contribution is -2.37. The van der Waals surface area contributed by atoms with E-state index in [2.05, 4.69) is 16.9 Å². The Kier molecular flexibility index (Phi) is 2.08. The molecule has 0 unspecified atom stereocenters. The van der Waals surface area contributed by atoms with Gasteiger partial charge in [-0.15, -0.1) is 0 Å². The van der Waals surface area contributed by atoms with Crippen molar-refractivity contribution in [1.29, 1.82) is 0 Å². The molecule has 0 radical (unpaired) electrons. The minimum absolute atomic E-state index is 0.698. The van der Waals surface area contributed by atoms with Crippen LogP contribution in [0.25, 0.3) is 0 Å². The third-order valence-electron chi connectivity index (χ3n) is 2.77. The van der Waals surface area contributed by atoms with Gasteiger partial charge in [-0.3, -0.25) is 4.98 Å². The van der Waals surface area contributed by atoms with Crippen molar-refractivity contribution in [3.8, 4) is 0 Å². The molecule has 13 heavy (non-hydrogen) atoms. The van der Waals surface area contributed by atoms with Gasteiger partial charge in [0.2, 0.25) is 0 Å². The number of nitrogen functional groups attached to an aromatic ring is 1. The van der Waals surface area contributed by atoms with Crippen LogP contribution in [0.15, 0.2) is 18.5 Å². The van der Waals surface area contributed by atoms with Crippen LogP contribution in [0.4, 0.5) is 11.4 Å². The molecule has 0 aliphatic heterocycles. The van der Waals surface area contributed by atoms with Crippen LogP contribution in [-0.4, -0.2) is 18.1 Å². The number of rotatable bonds is 2. The highest BCUT2D eigenvalue weighted by Crippen LogP contribution is 2.28. The molecular weight excluding hydrogens is 162 g/mol. The van der Waals surface area contributed by atoms with E-state index in [9.17, 15) is 0 Å². The zero-order chi connectivity index (χ0) is 9.26. The smallest absolute Gasteiger partial charge is 0.0573 e. The summed E-state index contributed by atoms with van der Waals surface area (Å²) in [4.78, 5) is 6.35. The largest absolute Gasteiger partial charge is 0.397 e. The van der Waals surface area contributed by atoms with Crippen LogP contribution in [-0.2, 0) is 0 Å². The number of aromatic nitrogens is 1. The van der Waals surface area contributed by atoms with Gasteiger partial charge >= 0.3 is 0 Å². The fourth-order valence-electron chi connectivity index (χ4n) is 1.62. The summed E-state index contributed by atoms with van der Waals surface area (Å²) in [7, 11) is 2.11. The van der Waals surface area contributed by atoms with Gasteiger partial charge in [-0.1, -0.05) is 0 Å². The Morgan fingerprint density at radius 3 is 2.77 bits per heavy atom. The first-order valence-electron chi connectivity index (χ1n) is 4.71. The molecule has 1 aromatic rings. The monoisotopic (exact) mass is 177 g/mol. The number of hydrogen-bond acceptors (Lipinski definition) is 3. The minimum Gasteiger partial charge on any atom is -0.397 e. The molecule has 0 aromatic carbocycles. The molecule has 70 valence electrons. The maximum atomic E-state index is 5.67. The van der Waals surface area contributed by atoms with Crippen LogP contribution >= 0.6 is 0 Å². The SMILES string of the molecule is CN(c1cncc(N)c1)C1CCC1. The van der Waals surface area contributed by atoms with E-state index in [-0.39, 0.29) is 0 Å². The van der Waals surface area contributed by atoms with Gasteiger partial charge in [0.1, 0.15) is 0 Å². The lowest BCUT2D eigenvalue weighted by molar-refractivity contribution is 0.401. The van der Waals surface area contributed by atoms with Gasteiger partial charge in [0.25, 0.3) is 0 Å². The van der Waals surface area contributed by atoms with E-state index in [1.165, 1.54) is 19.3 Å². The number of nitrogens with zero attached hydrogens (tertiary/aromatic N) is 2. The van der Waals surface area contributed by atoms with Crippen molar-refractivity contribution in [2.75, 3.05) is 17.7 Å². The maximum Gasteiger partial charge on any atom is 0.0573 e. The summed E-state index contributed by atoms with van der Waals surface area (Å²) in [5, 5.41) is 0. The molecule has 2 rings (SSSR count). The standard InChI is InChI=1S/C10H15N3/c1-13(9-3-2-4-9)10-5-8(11)6-12-7-10/h5-7,9H,2-4,11H2,1H3. The number of anilines is 2. The third-order valence-corrected chi connectivity index (χ3v) is 2.77. The molecule has 2 N–H and O–H groups in total. The number of pyridine rings is 1. The Balaban J connectivity index is 2.14. The summed E-state index contributed by atoms with van der Waals surface area (Å²) < 4.78 is 0. The van der Waals surface area contributed by atoms with Crippen molar-refractivity contribution in [1.82, 2.24) is 4.98 Å². The Morgan fingerprint density at radius 1 is 1.46 bits per heavy atom. The second-order valence-corrected chi connectivity index (χ2v) is 3.67. The van der Waals surface area contributed by atoms with Crippen LogP contribution in [0.2, 0.25) is 0 Å². The molecule has 0 saturated heterocycles. The van der Waals surface area contributed by atoms with Crippen molar-refractivity contribution in [3.63, 3.8) is 0 Å². The van der Waals surface area contributed by atoms with Crippen molar-refractivity contribution < 1.29 is 0 Å². The Morgan fingerprint density at radius 2 is 2.23 bits per heavy atom. The topological polar surface area (TPSA) is 42.2 Å². The molecule has 3 heteroatoms. The average Bonchev–Trinajstić information content (AvgIpc) is 2.01. The second kappa shape index (κ2) is 3.24. The van der Waals surface area contributed by atoms with Gasteiger partial charge in [0.15, 0.2) is 0 Å². The molecular formula is C10H15N3. The van der Waals surface area contributed by atoms with Crippen LogP contribution < -0.4 is 10.6 Å². The van der Waals surface area contributed by atoms with E-state index in [4.69, 9.17) is 5.73 Å². The van der Waals surface area contributed by atoms with E-state index in [0.29, 0.717) is 6.04 Å². The number of hydrogen-bond donors (Lipinski definition) is 1.